The van der Waals surface area contributed by atoms with E-state index in [1.807, 2.05) is 0 Å². The molecule has 13 heteroatoms. The molecule has 4 rings (SSSR count). The fraction of sp³-hybridized carbons (Fsp3) is 0.346. The monoisotopic (exact) mass is 581 g/mol. The maximum Gasteiger partial charge on any atom is 0.325 e. The summed E-state index contributed by atoms with van der Waals surface area (Å²) >= 11 is 5.78. The number of Topliss-reactive ketones (excluding diaryl/α,β-unsaturated/α-hetero) is 1. The molecule has 0 spiro atoms. The third-order valence-electron chi connectivity index (χ3n) is 6.68. The Labute approximate surface area is 227 Å². The molecule has 1 fully saturated rings. The zero-order chi connectivity index (χ0) is 28.5. The number of alkyl halides is 1. The molecule has 3 N–H and O–H groups in total. The summed E-state index contributed by atoms with van der Waals surface area (Å²) in [6.45, 7) is 0.585. The largest absolute Gasteiger partial charge is 0.350 e. The van der Waals surface area contributed by atoms with E-state index in [4.69, 9.17) is 11.6 Å². The Balaban J connectivity index is 1.54. The smallest absolute Gasteiger partial charge is 0.325 e. The lowest BCUT2D eigenvalue weighted by Gasteiger charge is -2.24. The van der Waals surface area contributed by atoms with Crippen LogP contribution in [-0.2, 0) is 33.7 Å². The van der Waals surface area contributed by atoms with E-state index < -0.39 is 37.4 Å². The summed E-state index contributed by atoms with van der Waals surface area (Å²) in [4.78, 5) is 58.0. The number of aromatic nitrogens is 1. The van der Waals surface area contributed by atoms with E-state index in [0.29, 0.717) is 22.0 Å². The topological polar surface area (TPSA) is 129 Å². The van der Waals surface area contributed by atoms with Crippen LogP contribution in [0, 0.1) is 5.82 Å². The fourth-order valence-electron chi connectivity index (χ4n) is 4.71. The van der Waals surface area contributed by atoms with Gasteiger partial charge in [-0.25, -0.2) is 8.78 Å². The Hall–Kier alpha value is -3.11. The van der Waals surface area contributed by atoms with Crippen molar-refractivity contribution >= 4 is 47.7 Å². The van der Waals surface area contributed by atoms with E-state index in [2.05, 4.69) is 5.32 Å². The molecule has 2 amide bonds. The van der Waals surface area contributed by atoms with Crippen molar-refractivity contribution in [2.24, 2.45) is 0 Å². The minimum atomic E-state index is -4.23. The van der Waals surface area contributed by atoms with Crippen LogP contribution in [0.5, 0.6) is 0 Å². The van der Waals surface area contributed by atoms with E-state index in [0.717, 1.165) is 4.90 Å². The number of aryl methyl sites for hydroxylation is 1. The lowest BCUT2D eigenvalue weighted by molar-refractivity contribution is -0.139. The number of hydrogen-bond acceptors (Lipinski definition) is 4. The first-order chi connectivity index (χ1) is 18.3. The van der Waals surface area contributed by atoms with Gasteiger partial charge in [-0.3, -0.25) is 18.9 Å². The van der Waals surface area contributed by atoms with Crippen LogP contribution < -0.4 is 5.32 Å². The van der Waals surface area contributed by atoms with Crippen LogP contribution in [-0.4, -0.2) is 61.8 Å². The van der Waals surface area contributed by atoms with Crippen molar-refractivity contribution in [2.45, 2.75) is 45.1 Å². The van der Waals surface area contributed by atoms with E-state index in [1.165, 1.54) is 35.9 Å². The molecule has 1 aromatic heterocycles. The average Bonchev–Trinajstić information content (AvgIpc) is 3.43. The van der Waals surface area contributed by atoms with Gasteiger partial charge in [0.2, 0.25) is 11.8 Å². The highest BCUT2D eigenvalue weighted by Gasteiger charge is 2.39. The first-order valence-electron chi connectivity index (χ1n) is 12.2. The normalized spacial score (nSPS) is 17.5. The SMILES string of the molecule is CC(=O)c1cn(CC(=O)N2C[C@H](F)C[C@H]2C(=O)NCc2cccc(Cl)c2F)c2cc(CCP(=O)(O)O)ccc12. The number of hydrogen-bond donors (Lipinski definition) is 3. The number of likely N-dealkylation sites (tertiary alicyclic amines) is 1. The number of benzene rings is 2. The van der Waals surface area contributed by atoms with Crippen molar-refractivity contribution in [2.75, 3.05) is 12.7 Å². The maximum atomic E-state index is 14.4. The van der Waals surface area contributed by atoms with Crippen LogP contribution in [0.15, 0.2) is 42.6 Å². The number of carbonyl (C=O) groups excluding carboxylic acids is 3. The molecule has 2 aromatic carbocycles. The summed E-state index contributed by atoms with van der Waals surface area (Å²) in [6.07, 6.45) is -0.426. The van der Waals surface area contributed by atoms with Crippen LogP contribution in [0.25, 0.3) is 10.9 Å². The molecule has 2 heterocycles. The Morgan fingerprint density at radius 2 is 1.95 bits per heavy atom. The second-order valence-electron chi connectivity index (χ2n) is 9.54. The lowest BCUT2D eigenvalue weighted by atomic mass is 10.1. The van der Waals surface area contributed by atoms with E-state index in [-0.39, 0.29) is 55.0 Å². The Bertz CT molecular complexity index is 1490. The van der Waals surface area contributed by atoms with Gasteiger partial charge in [-0.15, -0.1) is 0 Å². The van der Waals surface area contributed by atoms with Crippen LogP contribution in [0.1, 0.15) is 34.8 Å². The summed E-state index contributed by atoms with van der Waals surface area (Å²) in [7, 11) is -4.23. The lowest BCUT2D eigenvalue weighted by Crippen LogP contribution is -2.46. The highest BCUT2D eigenvalue weighted by Crippen LogP contribution is 2.35. The molecule has 0 radical (unpaired) electrons. The van der Waals surface area contributed by atoms with Crippen molar-refractivity contribution in [1.82, 2.24) is 14.8 Å². The van der Waals surface area contributed by atoms with E-state index in [9.17, 15) is 37.5 Å². The van der Waals surface area contributed by atoms with Crippen molar-refractivity contribution in [3.8, 4) is 0 Å². The molecule has 3 aromatic rings. The first-order valence-corrected chi connectivity index (χ1v) is 14.3. The minimum Gasteiger partial charge on any atom is -0.350 e. The van der Waals surface area contributed by atoms with Crippen molar-refractivity contribution in [1.29, 1.82) is 0 Å². The van der Waals surface area contributed by atoms with E-state index >= 15 is 0 Å². The molecular formula is C26H27ClF2N3O6P. The second-order valence-corrected chi connectivity index (χ2v) is 11.7. The van der Waals surface area contributed by atoms with Gasteiger partial charge < -0.3 is 24.6 Å². The van der Waals surface area contributed by atoms with Crippen LogP contribution in [0.2, 0.25) is 5.02 Å². The summed E-state index contributed by atoms with van der Waals surface area (Å²) in [5.74, 6) is -2.12. The molecule has 208 valence electrons. The average molecular weight is 582 g/mol. The zero-order valence-electron chi connectivity index (χ0n) is 20.9. The van der Waals surface area contributed by atoms with Crippen LogP contribution >= 0.6 is 19.2 Å². The van der Waals surface area contributed by atoms with Crippen molar-refractivity contribution < 1.29 is 37.5 Å². The second kappa shape index (κ2) is 11.6. The van der Waals surface area contributed by atoms with Gasteiger partial charge in [-0.2, -0.15) is 0 Å². The number of amides is 2. The minimum absolute atomic E-state index is 0.0832. The third-order valence-corrected chi connectivity index (χ3v) is 7.78. The number of nitrogens with zero attached hydrogens (tertiary/aromatic N) is 2. The quantitative estimate of drug-likeness (QED) is 0.262. The maximum absolute atomic E-state index is 14.4. The molecule has 0 bridgehead atoms. The van der Waals surface area contributed by atoms with Gasteiger partial charge in [-0.05, 0) is 31.0 Å². The van der Waals surface area contributed by atoms with Gasteiger partial charge in [-0.1, -0.05) is 35.9 Å². The third kappa shape index (κ3) is 6.73. The highest BCUT2D eigenvalue weighted by molar-refractivity contribution is 7.51. The Kier molecular flexibility index (Phi) is 8.56. The van der Waals surface area contributed by atoms with Crippen LogP contribution in [0.4, 0.5) is 8.78 Å². The van der Waals surface area contributed by atoms with Gasteiger partial charge in [0, 0.05) is 41.2 Å². The zero-order valence-corrected chi connectivity index (χ0v) is 22.6. The van der Waals surface area contributed by atoms with Gasteiger partial charge in [0.05, 0.1) is 17.7 Å². The van der Waals surface area contributed by atoms with Crippen molar-refractivity contribution in [3.63, 3.8) is 0 Å². The van der Waals surface area contributed by atoms with Gasteiger partial charge in [0.1, 0.15) is 24.6 Å². The molecular weight excluding hydrogens is 555 g/mol. The Morgan fingerprint density at radius 3 is 2.64 bits per heavy atom. The van der Waals surface area contributed by atoms with Crippen molar-refractivity contribution in [3.05, 3.63) is 70.1 Å². The molecule has 1 aliphatic heterocycles. The molecule has 2 atom stereocenters. The van der Waals surface area contributed by atoms with Crippen LogP contribution in [0.3, 0.4) is 0 Å². The molecule has 39 heavy (non-hydrogen) atoms. The van der Waals surface area contributed by atoms with Gasteiger partial charge in [0.25, 0.3) is 0 Å². The summed E-state index contributed by atoms with van der Waals surface area (Å²) in [6, 6.07) is 8.21. The van der Waals surface area contributed by atoms with Gasteiger partial charge in [0.15, 0.2) is 5.78 Å². The number of ketones is 1. The standard InChI is InChI=1S/C26H27ClF2N3O6P/c1-15(33)20-13-31(22-9-16(5-6-19(20)22)7-8-39(36,37)38)14-24(34)32-12-18(28)10-23(32)26(35)30-11-17-3-2-4-21(27)25(17)29/h2-6,9,13,18,23H,7-8,10-12,14H2,1H3,(H,30,35)(H2,36,37,38)/t18-,23+/m1/s1. The number of carbonyl (C=O) groups is 3. The molecule has 1 aliphatic rings. The molecule has 9 nitrogen and oxygen atoms in total. The number of halogens is 3. The molecule has 1 saturated heterocycles. The highest BCUT2D eigenvalue weighted by atomic mass is 35.5. The molecule has 0 saturated carbocycles. The molecule has 0 unspecified atom stereocenters. The van der Waals surface area contributed by atoms with Gasteiger partial charge >= 0.3 is 7.60 Å². The summed E-state index contributed by atoms with van der Waals surface area (Å²) < 4.78 is 41.4. The van der Waals surface area contributed by atoms with E-state index in [1.54, 1.807) is 18.2 Å². The number of rotatable bonds is 9. The summed E-state index contributed by atoms with van der Waals surface area (Å²) in [5, 5.41) is 3.00. The number of fused-ring (bicyclic) bond motifs is 1. The number of nitrogens with one attached hydrogen (secondary N) is 1. The fourth-order valence-corrected chi connectivity index (χ4v) is 5.45. The Morgan fingerprint density at radius 1 is 1.21 bits per heavy atom. The predicted molar refractivity (Wildman–Crippen MR) is 141 cm³/mol. The predicted octanol–water partition coefficient (Wildman–Crippen LogP) is 3.61. The first kappa shape index (κ1) is 28.9. The summed E-state index contributed by atoms with van der Waals surface area (Å²) in [5.41, 5.74) is 1.59. The molecule has 0 aliphatic carbocycles.